The molecule has 1 heterocycles. The monoisotopic (exact) mass is 424 g/mol. The molecule has 8 heteroatoms. The number of nitrogens with zero attached hydrogens (tertiary/aromatic N) is 1. The van der Waals surface area contributed by atoms with Gasteiger partial charge in [0.2, 0.25) is 5.91 Å². The molecule has 0 aliphatic heterocycles. The number of anilines is 4. The Bertz CT molecular complexity index is 1090. The SMILES string of the molecule is CNc1cc(O)c(Cl)cc1NC(=O)/C=C/c1cccnc1Nc1cccc(OC)c1. The lowest BCUT2D eigenvalue weighted by molar-refractivity contribution is -0.111. The minimum Gasteiger partial charge on any atom is -0.506 e. The van der Waals surface area contributed by atoms with Gasteiger partial charge in [-0.15, -0.1) is 0 Å². The number of pyridine rings is 1. The average molecular weight is 425 g/mol. The number of methoxy groups -OCH3 is 1. The molecule has 1 amide bonds. The molecule has 0 spiro atoms. The zero-order valence-corrected chi connectivity index (χ0v) is 17.2. The second kappa shape index (κ2) is 9.67. The van der Waals surface area contributed by atoms with Gasteiger partial charge in [0, 0.05) is 42.7 Å². The number of carbonyl (C=O) groups is 1. The molecule has 4 N–H and O–H groups in total. The second-order valence-electron chi connectivity index (χ2n) is 6.22. The Hall–Kier alpha value is -3.71. The molecule has 0 unspecified atom stereocenters. The smallest absolute Gasteiger partial charge is 0.248 e. The van der Waals surface area contributed by atoms with E-state index < -0.39 is 0 Å². The van der Waals surface area contributed by atoms with Crippen molar-refractivity contribution in [2.45, 2.75) is 0 Å². The molecule has 0 aliphatic rings. The number of rotatable bonds is 7. The predicted molar refractivity (Wildman–Crippen MR) is 121 cm³/mol. The van der Waals surface area contributed by atoms with Gasteiger partial charge in [-0.05, 0) is 36.4 Å². The van der Waals surface area contributed by atoms with Crippen molar-refractivity contribution in [2.24, 2.45) is 0 Å². The highest BCUT2D eigenvalue weighted by molar-refractivity contribution is 6.32. The van der Waals surface area contributed by atoms with Crippen LogP contribution in [0.25, 0.3) is 6.08 Å². The van der Waals surface area contributed by atoms with Gasteiger partial charge in [0.1, 0.15) is 17.3 Å². The number of halogens is 1. The van der Waals surface area contributed by atoms with E-state index in [4.69, 9.17) is 16.3 Å². The fraction of sp³-hybridized carbons (Fsp3) is 0.0909. The van der Waals surface area contributed by atoms with Crippen LogP contribution in [0.1, 0.15) is 5.56 Å². The number of aromatic nitrogens is 1. The molecule has 30 heavy (non-hydrogen) atoms. The summed E-state index contributed by atoms with van der Waals surface area (Å²) >= 11 is 5.95. The van der Waals surface area contributed by atoms with Gasteiger partial charge in [0.15, 0.2) is 0 Å². The molecule has 3 rings (SSSR count). The maximum absolute atomic E-state index is 12.4. The van der Waals surface area contributed by atoms with Crippen LogP contribution in [0.2, 0.25) is 5.02 Å². The number of phenols is 1. The number of phenolic OH excluding ortho intramolecular Hbond substituents is 1. The Labute approximate surface area is 179 Å². The molecule has 0 radical (unpaired) electrons. The fourth-order valence-corrected chi connectivity index (χ4v) is 2.87. The molecule has 3 aromatic rings. The van der Waals surface area contributed by atoms with E-state index in [0.717, 1.165) is 17.0 Å². The molecular weight excluding hydrogens is 404 g/mol. The van der Waals surface area contributed by atoms with E-state index in [1.165, 1.54) is 18.2 Å². The number of carbonyl (C=O) groups excluding carboxylic acids is 1. The Kier molecular flexibility index (Phi) is 6.77. The lowest BCUT2D eigenvalue weighted by atomic mass is 10.2. The van der Waals surface area contributed by atoms with Gasteiger partial charge in [-0.25, -0.2) is 4.98 Å². The number of ether oxygens (including phenoxy) is 1. The minimum absolute atomic E-state index is 0.0711. The highest BCUT2D eigenvalue weighted by atomic mass is 35.5. The van der Waals surface area contributed by atoms with Crippen LogP contribution >= 0.6 is 11.6 Å². The number of benzene rings is 2. The summed E-state index contributed by atoms with van der Waals surface area (Å²) in [6.45, 7) is 0. The largest absolute Gasteiger partial charge is 0.506 e. The molecule has 1 aromatic heterocycles. The van der Waals surface area contributed by atoms with E-state index in [9.17, 15) is 9.90 Å². The number of amides is 1. The molecule has 7 nitrogen and oxygen atoms in total. The van der Waals surface area contributed by atoms with Crippen molar-refractivity contribution in [1.29, 1.82) is 0 Å². The van der Waals surface area contributed by atoms with Crippen LogP contribution in [0.4, 0.5) is 22.9 Å². The van der Waals surface area contributed by atoms with Gasteiger partial charge >= 0.3 is 0 Å². The average Bonchev–Trinajstić information content (AvgIpc) is 2.75. The van der Waals surface area contributed by atoms with Gasteiger partial charge in [0.25, 0.3) is 0 Å². The topological polar surface area (TPSA) is 95.5 Å². The van der Waals surface area contributed by atoms with Crippen molar-refractivity contribution >= 4 is 46.5 Å². The molecule has 0 saturated heterocycles. The van der Waals surface area contributed by atoms with Crippen molar-refractivity contribution in [1.82, 2.24) is 4.98 Å². The number of aromatic hydroxyl groups is 1. The zero-order valence-electron chi connectivity index (χ0n) is 16.4. The Morgan fingerprint density at radius 3 is 2.77 bits per heavy atom. The van der Waals surface area contributed by atoms with Crippen molar-refractivity contribution in [3.05, 3.63) is 71.4 Å². The van der Waals surface area contributed by atoms with E-state index in [2.05, 4.69) is 20.9 Å². The van der Waals surface area contributed by atoms with Crippen molar-refractivity contribution in [3.63, 3.8) is 0 Å². The first-order valence-electron chi connectivity index (χ1n) is 9.05. The molecule has 0 fully saturated rings. The summed E-state index contributed by atoms with van der Waals surface area (Å²) in [4.78, 5) is 16.8. The van der Waals surface area contributed by atoms with Crippen LogP contribution in [0.3, 0.4) is 0 Å². The van der Waals surface area contributed by atoms with Crippen LogP contribution in [-0.2, 0) is 4.79 Å². The summed E-state index contributed by atoms with van der Waals surface area (Å²) in [7, 11) is 3.29. The van der Waals surface area contributed by atoms with Crippen LogP contribution in [0, 0.1) is 0 Å². The predicted octanol–water partition coefficient (Wildman–Crippen LogP) is 4.89. The number of hydrogen-bond donors (Lipinski definition) is 4. The third-order valence-electron chi connectivity index (χ3n) is 4.20. The normalized spacial score (nSPS) is 10.6. The van der Waals surface area contributed by atoms with Crippen molar-refractivity contribution in [3.8, 4) is 11.5 Å². The first-order valence-corrected chi connectivity index (χ1v) is 9.43. The molecule has 0 bridgehead atoms. The van der Waals surface area contributed by atoms with Gasteiger partial charge in [-0.1, -0.05) is 17.7 Å². The Balaban J connectivity index is 1.76. The minimum atomic E-state index is -0.357. The summed E-state index contributed by atoms with van der Waals surface area (Å²) in [5.74, 6) is 0.890. The van der Waals surface area contributed by atoms with E-state index in [1.54, 1.807) is 32.5 Å². The maximum Gasteiger partial charge on any atom is 0.248 e. The lowest BCUT2D eigenvalue weighted by Gasteiger charge is -2.11. The summed E-state index contributed by atoms with van der Waals surface area (Å²) in [5.41, 5.74) is 2.54. The first kappa shape index (κ1) is 21.0. The quantitative estimate of drug-likeness (QED) is 0.318. The van der Waals surface area contributed by atoms with Crippen LogP contribution < -0.4 is 20.7 Å². The van der Waals surface area contributed by atoms with Gasteiger partial charge in [-0.3, -0.25) is 4.79 Å². The fourth-order valence-electron chi connectivity index (χ4n) is 2.71. The van der Waals surface area contributed by atoms with Crippen molar-refractivity contribution < 1.29 is 14.6 Å². The van der Waals surface area contributed by atoms with E-state index >= 15 is 0 Å². The van der Waals surface area contributed by atoms with Crippen LogP contribution in [0.15, 0.2) is 60.8 Å². The number of nitrogens with one attached hydrogen (secondary N) is 3. The standard InChI is InChI=1S/C22H21ClN4O3/c1-24-18-13-20(28)17(23)12-19(18)27-21(29)9-8-14-5-4-10-25-22(14)26-15-6-3-7-16(11-15)30-2/h3-13,24,28H,1-2H3,(H,25,26)(H,27,29)/b9-8+. The van der Waals surface area contributed by atoms with Crippen LogP contribution in [0.5, 0.6) is 11.5 Å². The molecule has 2 aromatic carbocycles. The zero-order chi connectivity index (χ0) is 21.5. The Morgan fingerprint density at radius 1 is 1.17 bits per heavy atom. The first-order chi connectivity index (χ1) is 14.5. The van der Waals surface area contributed by atoms with Gasteiger partial charge in [-0.2, -0.15) is 0 Å². The summed E-state index contributed by atoms with van der Waals surface area (Å²) in [6.07, 6.45) is 4.72. The highest BCUT2D eigenvalue weighted by Gasteiger charge is 2.09. The third kappa shape index (κ3) is 5.21. The molecule has 0 aliphatic carbocycles. The lowest BCUT2D eigenvalue weighted by Crippen LogP contribution is -2.09. The van der Waals surface area contributed by atoms with Crippen LogP contribution in [-0.4, -0.2) is 30.2 Å². The molecule has 0 saturated carbocycles. The summed E-state index contributed by atoms with van der Waals surface area (Å²) in [5, 5.41) is 18.7. The molecule has 154 valence electrons. The van der Waals surface area contributed by atoms with E-state index in [0.29, 0.717) is 17.2 Å². The second-order valence-corrected chi connectivity index (χ2v) is 6.63. The number of hydrogen-bond acceptors (Lipinski definition) is 6. The van der Waals surface area contributed by atoms with Gasteiger partial charge in [0.05, 0.1) is 23.5 Å². The summed E-state index contributed by atoms with van der Waals surface area (Å²) in [6, 6.07) is 14.0. The Morgan fingerprint density at radius 2 is 2.00 bits per heavy atom. The maximum atomic E-state index is 12.4. The molecular formula is C22H21ClN4O3. The third-order valence-corrected chi connectivity index (χ3v) is 4.50. The summed E-state index contributed by atoms with van der Waals surface area (Å²) < 4.78 is 5.24. The van der Waals surface area contributed by atoms with E-state index in [-0.39, 0.29) is 16.7 Å². The van der Waals surface area contributed by atoms with Gasteiger partial charge < -0.3 is 25.8 Å². The highest BCUT2D eigenvalue weighted by Crippen LogP contribution is 2.33. The van der Waals surface area contributed by atoms with E-state index in [1.807, 2.05) is 30.3 Å². The molecule has 0 atom stereocenters. The van der Waals surface area contributed by atoms with Crippen molar-refractivity contribution in [2.75, 3.05) is 30.1 Å².